The summed E-state index contributed by atoms with van der Waals surface area (Å²) in [5.41, 5.74) is 2.44. The first kappa shape index (κ1) is 13.2. The van der Waals surface area contributed by atoms with Gasteiger partial charge in [-0.05, 0) is 25.7 Å². The number of aromatic nitrogens is 4. The molecule has 0 radical (unpaired) electrons. The molecule has 3 rings (SSSR count). The average Bonchev–Trinajstić information content (AvgIpc) is 3.02. The van der Waals surface area contributed by atoms with E-state index in [4.69, 9.17) is 5.10 Å². The highest BCUT2D eigenvalue weighted by molar-refractivity contribution is 5.41. The van der Waals surface area contributed by atoms with Crippen LogP contribution in [-0.2, 0) is 13.0 Å². The van der Waals surface area contributed by atoms with Gasteiger partial charge in [0.15, 0.2) is 0 Å². The molecular weight excluding hydrogens is 250 g/mol. The maximum atomic E-state index is 4.80. The summed E-state index contributed by atoms with van der Waals surface area (Å²) in [6, 6.07) is 2.50. The van der Waals surface area contributed by atoms with Crippen LogP contribution in [0.3, 0.4) is 0 Å². The van der Waals surface area contributed by atoms with Crippen molar-refractivity contribution in [3.05, 3.63) is 29.7 Å². The number of hydrogen-bond donors (Lipinski definition) is 1. The second-order valence-corrected chi connectivity index (χ2v) is 5.92. The minimum Gasteiger partial charge on any atom is -0.370 e. The van der Waals surface area contributed by atoms with E-state index >= 15 is 0 Å². The van der Waals surface area contributed by atoms with E-state index in [-0.39, 0.29) is 0 Å². The zero-order valence-electron chi connectivity index (χ0n) is 12.5. The van der Waals surface area contributed by atoms with Gasteiger partial charge in [-0.3, -0.25) is 4.68 Å². The summed E-state index contributed by atoms with van der Waals surface area (Å²) in [6.45, 7) is 8.48. The van der Waals surface area contributed by atoms with Crippen LogP contribution >= 0.6 is 0 Å². The molecule has 20 heavy (non-hydrogen) atoms. The summed E-state index contributed by atoms with van der Waals surface area (Å²) in [5, 5.41) is 12.6. The molecule has 0 spiro atoms. The number of nitrogens with zero attached hydrogens (tertiary/aromatic N) is 4. The fourth-order valence-corrected chi connectivity index (χ4v) is 2.82. The van der Waals surface area contributed by atoms with Crippen LogP contribution in [-0.4, -0.2) is 26.1 Å². The topological polar surface area (TPSA) is 47.7 Å². The van der Waals surface area contributed by atoms with Crippen molar-refractivity contribution in [3.63, 3.8) is 0 Å². The van der Waals surface area contributed by atoms with E-state index < -0.39 is 0 Å². The van der Waals surface area contributed by atoms with Gasteiger partial charge in [-0.1, -0.05) is 13.8 Å². The molecule has 2 aromatic rings. The average molecular weight is 273 g/mol. The van der Waals surface area contributed by atoms with Gasteiger partial charge in [0.1, 0.15) is 5.82 Å². The van der Waals surface area contributed by atoms with Gasteiger partial charge in [0.05, 0.1) is 17.9 Å². The summed E-state index contributed by atoms with van der Waals surface area (Å²) in [4.78, 5) is 0. The zero-order valence-corrected chi connectivity index (χ0v) is 12.5. The SMILES string of the molecule is CCn1cc(C2CCNc3cc(CC(C)C)nn32)cn1. The van der Waals surface area contributed by atoms with Crippen LogP contribution in [0.4, 0.5) is 5.82 Å². The van der Waals surface area contributed by atoms with Crippen LogP contribution in [0.2, 0.25) is 0 Å². The number of fused-ring (bicyclic) bond motifs is 1. The smallest absolute Gasteiger partial charge is 0.125 e. The van der Waals surface area contributed by atoms with Crippen molar-refractivity contribution in [2.45, 2.75) is 46.2 Å². The van der Waals surface area contributed by atoms with E-state index in [2.05, 4.69) is 48.1 Å². The van der Waals surface area contributed by atoms with Crippen LogP contribution in [0.5, 0.6) is 0 Å². The maximum Gasteiger partial charge on any atom is 0.125 e. The van der Waals surface area contributed by atoms with Gasteiger partial charge in [-0.25, -0.2) is 4.68 Å². The fourth-order valence-electron chi connectivity index (χ4n) is 2.82. The van der Waals surface area contributed by atoms with Crippen molar-refractivity contribution in [3.8, 4) is 0 Å². The van der Waals surface area contributed by atoms with Crippen LogP contribution < -0.4 is 5.32 Å². The van der Waals surface area contributed by atoms with Crippen LogP contribution in [0.25, 0.3) is 0 Å². The van der Waals surface area contributed by atoms with Gasteiger partial charge in [0.25, 0.3) is 0 Å². The standard InChI is InChI=1S/C15H23N5/c1-4-19-10-12(9-17-19)14-5-6-16-15-8-13(7-11(2)3)18-20(14)15/h8-11,14,16H,4-7H2,1-3H3. The molecule has 0 saturated carbocycles. The molecule has 1 N–H and O–H groups in total. The number of anilines is 1. The number of nitrogens with one attached hydrogen (secondary N) is 1. The van der Waals surface area contributed by atoms with Crippen LogP contribution in [0.15, 0.2) is 18.5 Å². The first-order chi connectivity index (χ1) is 9.67. The molecule has 1 aliphatic rings. The highest BCUT2D eigenvalue weighted by Gasteiger charge is 2.24. The zero-order chi connectivity index (χ0) is 14.1. The lowest BCUT2D eigenvalue weighted by Crippen LogP contribution is -2.24. The van der Waals surface area contributed by atoms with E-state index in [1.807, 2.05) is 10.9 Å². The highest BCUT2D eigenvalue weighted by atomic mass is 15.4. The minimum absolute atomic E-state index is 0.312. The molecule has 1 atom stereocenters. The Morgan fingerprint density at radius 1 is 1.45 bits per heavy atom. The lowest BCUT2D eigenvalue weighted by molar-refractivity contribution is 0.474. The Balaban J connectivity index is 1.90. The van der Waals surface area contributed by atoms with E-state index in [0.717, 1.165) is 31.7 Å². The van der Waals surface area contributed by atoms with Gasteiger partial charge in [0, 0.05) is 30.9 Å². The predicted octanol–water partition coefficient (Wildman–Crippen LogP) is 2.70. The Hall–Kier alpha value is -1.78. The van der Waals surface area contributed by atoms with Crippen molar-refractivity contribution >= 4 is 5.82 Å². The molecule has 0 aliphatic carbocycles. The quantitative estimate of drug-likeness (QED) is 0.931. The van der Waals surface area contributed by atoms with Crippen molar-refractivity contribution in [2.24, 2.45) is 5.92 Å². The maximum absolute atomic E-state index is 4.80. The van der Waals surface area contributed by atoms with Gasteiger partial charge < -0.3 is 5.32 Å². The van der Waals surface area contributed by atoms with Gasteiger partial charge in [-0.15, -0.1) is 0 Å². The van der Waals surface area contributed by atoms with Crippen molar-refractivity contribution < 1.29 is 0 Å². The second-order valence-electron chi connectivity index (χ2n) is 5.92. The van der Waals surface area contributed by atoms with Crippen molar-refractivity contribution in [1.29, 1.82) is 0 Å². The highest BCUT2D eigenvalue weighted by Crippen LogP contribution is 2.30. The number of hydrogen-bond acceptors (Lipinski definition) is 3. The van der Waals surface area contributed by atoms with Gasteiger partial charge in [0.2, 0.25) is 0 Å². The molecule has 1 unspecified atom stereocenters. The molecule has 0 aromatic carbocycles. The normalized spacial score (nSPS) is 18.1. The lowest BCUT2D eigenvalue weighted by Gasteiger charge is -2.24. The van der Waals surface area contributed by atoms with E-state index in [9.17, 15) is 0 Å². The summed E-state index contributed by atoms with van der Waals surface area (Å²) in [6.07, 6.45) is 6.21. The Bertz CT molecular complexity index is 581. The molecule has 1 aliphatic heterocycles. The van der Waals surface area contributed by atoms with Gasteiger partial charge >= 0.3 is 0 Å². The second kappa shape index (κ2) is 5.31. The predicted molar refractivity (Wildman–Crippen MR) is 79.9 cm³/mol. The Kier molecular flexibility index (Phi) is 3.51. The van der Waals surface area contributed by atoms with Crippen LogP contribution in [0, 0.1) is 5.92 Å². The molecule has 0 amide bonds. The fraction of sp³-hybridized carbons (Fsp3) is 0.600. The first-order valence-electron chi connectivity index (χ1n) is 7.52. The molecule has 0 saturated heterocycles. The molecule has 3 heterocycles. The van der Waals surface area contributed by atoms with E-state index in [0.29, 0.717) is 12.0 Å². The Labute approximate surface area is 120 Å². The molecule has 0 fully saturated rings. The molecule has 5 nitrogen and oxygen atoms in total. The first-order valence-corrected chi connectivity index (χ1v) is 7.52. The molecule has 0 bridgehead atoms. The third-order valence-corrected chi connectivity index (χ3v) is 3.78. The largest absolute Gasteiger partial charge is 0.370 e. The van der Waals surface area contributed by atoms with Gasteiger partial charge in [-0.2, -0.15) is 10.2 Å². The summed E-state index contributed by atoms with van der Waals surface area (Å²) in [7, 11) is 0. The minimum atomic E-state index is 0.312. The summed E-state index contributed by atoms with van der Waals surface area (Å²) >= 11 is 0. The third kappa shape index (κ3) is 2.44. The Morgan fingerprint density at radius 2 is 2.30 bits per heavy atom. The lowest BCUT2D eigenvalue weighted by atomic mass is 10.1. The third-order valence-electron chi connectivity index (χ3n) is 3.78. The van der Waals surface area contributed by atoms with Crippen molar-refractivity contribution in [1.82, 2.24) is 19.6 Å². The number of rotatable bonds is 4. The summed E-state index contributed by atoms with van der Waals surface area (Å²) < 4.78 is 4.12. The van der Waals surface area contributed by atoms with Crippen molar-refractivity contribution in [2.75, 3.05) is 11.9 Å². The Morgan fingerprint density at radius 3 is 3.00 bits per heavy atom. The van der Waals surface area contributed by atoms with Crippen LogP contribution in [0.1, 0.15) is 44.5 Å². The number of aryl methyl sites for hydroxylation is 1. The summed E-state index contributed by atoms with van der Waals surface area (Å²) in [5.74, 6) is 1.77. The molecule has 5 heteroatoms. The monoisotopic (exact) mass is 273 g/mol. The molecular formula is C15H23N5. The van der Waals surface area contributed by atoms with E-state index in [1.54, 1.807) is 0 Å². The molecule has 108 valence electrons. The molecule has 2 aromatic heterocycles. The van der Waals surface area contributed by atoms with E-state index in [1.165, 1.54) is 11.3 Å².